The molecule has 2 heterocycles. The van der Waals surface area contributed by atoms with Crippen LogP contribution in [0.2, 0.25) is 0 Å². The molecular weight excluding hydrogens is 431 g/mol. The summed E-state index contributed by atoms with van der Waals surface area (Å²) in [5.74, 6) is 0.335. The fourth-order valence-electron chi connectivity index (χ4n) is 4.69. The monoisotopic (exact) mass is 460 g/mol. The van der Waals surface area contributed by atoms with Crippen molar-refractivity contribution in [1.29, 1.82) is 0 Å². The van der Waals surface area contributed by atoms with Crippen LogP contribution in [0.5, 0.6) is 5.75 Å². The van der Waals surface area contributed by atoms with E-state index >= 15 is 0 Å². The van der Waals surface area contributed by atoms with Gasteiger partial charge in [-0.1, -0.05) is 6.07 Å². The molecule has 0 bridgehead atoms. The molecule has 6 nitrogen and oxygen atoms in total. The molecule has 1 saturated heterocycles. The molecule has 0 radical (unpaired) electrons. The van der Waals surface area contributed by atoms with Crippen LogP contribution in [-0.4, -0.2) is 63.2 Å². The fourth-order valence-corrected chi connectivity index (χ4v) is 6.44. The fraction of sp³-hybridized carbons (Fsp3) is 0.458. The molecule has 0 aliphatic carbocycles. The third kappa shape index (κ3) is 4.72. The van der Waals surface area contributed by atoms with Crippen LogP contribution in [0.15, 0.2) is 47.4 Å². The number of ether oxygens (including phenoxy) is 1. The number of carbonyl (C=O) groups is 1. The lowest BCUT2D eigenvalue weighted by Gasteiger charge is -2.33. The molecule has 2 aromatic carbocycles. The molecule has 0 aromatic heterocycles. The molecule has 4 rings (SSSR count). The normalized spacial score (nSPS) is 19.4. The van der Waals surface area contributed by atoms with Gasteiger partial charge in [0, 0.05) is 30.1 Å². The number of carbonyl (C=O) groups excluding carboxylic acids is 1. The van der Waals surface area contributed by atoms with Crippen molar-refractivity contribution >= 4 is 15.8 Å². The molecule has 0 unspecified atom stereocenters. The maximum atomic E-state index is 13.1. The number of piperidine rings is 1. The van der Waals surface area contributed by atoms with Gasteiger partial charge in [-0.3, -0.25) is 4.79 Å². The molecule has 2 aliphatic heterocycles. The number of rotatable bonds is 7. The zero-order chi connectivity index (χ0) is 22.7. The Morgan fingerprint density at radius 3 is 2.47 bits per heavy atom. The van der Waals surface area contributed by atoms with Crippen molar-refractivity contribution in [3.05, 3.63) is 59.4 Å². The third-order valence-electron chi connectivity index (χ3n) is 6.51. The van der Waals surface area contributed by atoms with E-state index in [0.717, 1.165) is 44.5 Å². The standard InChI is InChI=1S/C24H29FN2O4S/c1-31-22-4-2-5-23-21(22)12-17-27(32(23,29)30)14-3-13-26-15-10-19(11-16-26)24(28)18-6-8-20(25)9-7-18/h2,4-9,19H,3,10-17H2,1H3. The predicted molar refractivity (Wildman–Crippen MR) is 120 cm³/mol. The first-order chi connectivity index (χ1) is 15.4. The summed E-state index contributed by atoms with van der Waals surface area (Å²) in [5.41, 5.74) is 1.33. The highest BCUT2D eigenvalue weighted by atomic mass is 32.2. The molecule has 0 N–H and O–H groups in total. The first-order valence-corrected chi connectivity index (χ1v) is 12.5. The topological polar surface area (TPSA) is 66.9 Å². The van der Waals surface area contributed by atoms with Crippen molar-refractivity contribution in [2.45, 2.75) is 30.6 Å². The molecular formula is C24H29FN2O4S. The molecule has 1 fully saturated rings. The predicted octanol–water partition coefficient (Wildman–Crippen LogP) is 3.37. The van der Waals surface area contributed by atoms with E-state index in [1.807, 2.05) is 0 Å². The van der Waals surface area contributed by atoms with E-state index in [1.54, 1.807) is 41.7 Å². The Balaban J connectivity index is 1.27. The van der Waals surface area contributed by atoms with Crippen LogP contribution in [0.4, 0.5) is 4.39 Å². The molecule has 2 aliphatic rings. The van der Waals surface area contributed by atoms with E-state index in [4.69, 9.17) is 4.74 Å². The average molecular weight is 461 g/mol. The van der Waals surface area contributed by atoms with Gasteiger partial charge in [0.1, 0.15) is 11.6 Å². The van der Waals surface area contributed by atoms with Crippen LogP contribution in [0.25, 0.3) is 0 Å². The maximum absolute atomic E-state index is 13.1. The van der Waals surface area contributed by atoms with Crippen LogP contribution in [0, 0.1) is 11.7 Å². The number of hydrogen-bond acceptors (Lipinski definition) is 5. The number of sulfonamides is 1. The van der Waals surface area contributed by atoms with Gasteiger partial charge < -0.3 is 9.64 Å². The van der Waals surface area contributed by atoms with Gasteiger partial charge in [-0.2, -0.15) is 4.31 Å². The molecule has 8 heteroatoms. The largest absolute Gasteiger partial charge is 0.496 e. The smallest absolute Gasteiger partial charge is 0.243 e. The van der Waals surface area contributed by atoms with Crippen LogP contribution in [-0.2, 0) is 16.4 Å². The van der Waals surface area contributed by atoms with Gasteiger partial charge in [-0.15, -0.1) is 0 Å². The molecule has 32 heavy (non-hydrogen) atoms. The number of benzene rings is 2. The molecule has 0 saturated carbocycles. The Labute approximate surface area is 189 Å². The van der Waals surface area contributed by atoms with E-state index in [9.17, 15) is 17.6 Å². The van der Waals surface area contributed by atoms with Crippen molar-refractivity contribution in [3.63, 3.8) is 0 Å². The quantitative estimate of drug-likeness (QED) is 0.593. The zero-order valence-corrected chi connectivity index (χ0v) is 19.1. The molecule has 172 valence electrons. The van der Waals surface area contributed by atoms with Gasteiger partial charge in [-0.05, 0) is 81.7 Å². The van der Waals surface area contributed by atoms with E-state index in [1.165, 1.54) is 12.1 Å². The minimum absolute atomic E-state index is 0.0364. The van der Waals surface area contributed by atoms with Gasteiger partial charge in [0.2, 0.25) is 10.0 Å². The van der Waals surface area contributed by atoms with Gasteiger partial charge >= 0.3 is 0 Å². The lowest BCUT2D eigenvalue weighted by Crippen LogP contribution is -2.41. The highest BCUT2D eigenvalue weighted by Gasteiger charge is 2.33. The maximum Gasteiger partial charge on any atom is 0.243 e. The van der Waals surface area contributed by atoms with Crippen molar-refractivity contribution in [2.75, 3.05) is 39.8 Å². The van der Waals surface area contributed by atoms with Crippen molar-refractivity contribution in [1.82, 2.24) is 9.21 Å². The van der Waals surface area contributed by atoms with Gasteiger partial charge in [0.25, 0.3) is 0 Å². The second-order valence-electron chi connectivity index (χ2n) is 8.43. The Hall–Kier alpha value is -2.29. The summed E-state index contributed by atoms with van der Waals surface area (Å²) in [6.45, 7) is 3.36. The Morgan fingerprint density at radius 1 is 1.06 bits per heavy atom. The summed E-state index contributed by atoms with van der Waals surface area (Å²) in [6, 6.07) is 10.9. The summed E-state index contributed by atoms with van der Waals surface area (Å²) < 4.78 is 46.0. The summed E-state index contributed by atoms with van der Waals surface area (Å²) in [6.07, 6.45) is 2.93. The van der Waals surface area contributed by atoms with E-state index in [-0.39, 0.29) is 17.5 Å². The van der Waals surface area contributed by atoms with Crippen molar-refractivity contribution in [2.24, 2.45) is 5.92 Å². The minimum Gasteiger partial charge on any atom is -0.496 e. The Kier molecular flexibility index (Phi) is 6.93. The number of methoxy groups -OCH3 is 1. The molecule has 0 amide bonds. The number of nitrogens with zero attached hydrogens (tertiary/aromatic N) is 2. The van der Waals surface area contributed by atoms with Crippen molar-refractivity contribution in [3.8, 4) is 5.75 Å². The van der Waals surface area contributed by atoms with Gasteiger partial charge in [-0.25, -0.2) is 12.8 Å². The second-order valence-corrected chi connectivity index (χ2v) is 10.3. The minimum atomic E-state index is -3.51. The van der Waals surface area contributed by atoms with Gasteiger partial charge in [0.05, 0.1) is 12.0 Å². The van der Waals surface area contributed by atoms with Gasteiger partial charge in [0.15, 0.2) is 5.78 Å². The lowest BCUT2D eigenvalue weighted by molar-refractivity contribution is 0.0838. The number of likely N-dealkylation sites (tertiary alicyclic amines) is 1. The van der Waals surface area contributed by atoms with Crippen LogP contribution >= 0.6 is 0 Å². The summed E-state index contributed by atoms with van der Waals surface area (Å²) >= 11 is 0. The van der Waals surface area contributed by atoms with Crippen molar-refractivity contribution < 1.29 is 22.3 Å². The Morgan fingerprint density at radius 2 is 1.78 bits per heavy atom. The molecule has 2 aromatic rings. The lowest BCUT2D eigenvalue weighted by atomic mass is 9.89. The highest BCUT2D eigenvalue weighted by molar-refractivity contribution is 7.89. The summed E-state index contributed by atoms with van der Waals surface area (Å²) in [4.78, 5) is 15.3. The zero-order valence-electron chi connectivity index (χ0n) is 18.3. The number of hydrogen-bond donors (Lipinski definition) is 0. The van der Waals surface area contributed by atoms with E-state index in [0.29, 0.717) is 35.7 Å². The number of halogens is 1. The summed E-state index contributed by atoms with van der Waals surface area (Å²) in [5, 5.41) is 0. The second kappa shape index (κ2) is 9.68. The number of fused-ring (bicyclic) bond motifs is 1. The first kappa shape index (κ1) is 22.9. The average Bonchev–Trinajstić information content (AvgIpc) is 2.80. The van der Waals surface area contributed by atoms with Crippen LogP contribution < -0.4 is 4.74 Å². The SMILES string of the molecule is COc1cccc2c1CCN(CCCN1CCC(C(=O)c3ccc(F)cc3)CC1)S2(=O)=O. The molecule has 0 atom stereocenters. The third-order valence-corrected chi connectivity index (χ3v) is 8.49. The Bertz CT molecular complexity index is 1060. The summed E-state index contributed by atoms with van der Waals surface area (Å²) in [7, 11) is -1.95. The van der Waals surface area contributed by atoms with Crippen LogP contribution in [0.3, 0.4) is 0 Å². The van der Waals surface area contributed by atoms with Crippen LogP contribution in [0.1, 0.15) is 35.2 Å². The van der Waals surface area contributed by atoms with E-state index < -0.39 is 10.0 Å². The number of Topliss-reactive ketones (excluding diaryl/α,β-unsaturated/α-hetero) is 1. The molecule has 0 spiro atoms. The first-order valence-electron chi connectivity index (χ1n) is 11.1. The van der Waals surface area contributed by atoms with E-state index in [2.05, 4.69) is 4.90 Å². The number of ketones is 1. The highest BCUT2D eigenvalue weighted by Crippen LogP contribution is 2.32.